The summed E-state index contributed by atoms with van der Waals surface area (Å²) in [6.07, 6.45) is 1.46. The van der Waals surface area contributed by atoms with Gasteiger partial charge in [-0.25, -0.2) is 8.78 Å². The summed E-state index contributed by atoms with van der Waals surface area (Å²) in [5.74, 6) is -5.60. The van der Waals surface area contributed by atoms with E-state index in [1.54, 1.807) is 0 Å². The number of hydrogen-bond donors (Lipinski definition) is 3. The van der Waals surface area contributed by atoms with Gasteiger partial charge in [-0.15, -0.1) is 0 Å². The molecule has 0 bridgehead atoms. The lowest BCUT2D eigenvalue weighted by Gasteiger charge is -2.13. The Kier molecular flexibility index (Phi) is 4.48. The molecule has 140 valence electrons. The zero-order valence-corrected chi connectivity index (χ0v) is 13.7. The molecule has 8 nitrogen and oxygen atoms in total. The summed E-state index contributed by atoms with van der Waals surface area (Å²) in [4.78, 5) is 37.9. The average molecular weight is 377 g/mol. The molecule has 1 aromatic carbocycles. The summed E-state index contributed by atoms with van der Waals surface area (Å²) >= 11 is 0. The van der Waals surface area contributed by atoms with Gasteiger partial charge in [-0.05, 0) is 18.9 Å². The van der Waals surface area contributed by atoms with Gasteiger partial charge in [-0.3, -0.25) is 19.4 Å². The summed E-state index contributed by atoms with van der Waals surface area (Å²) in [5.41, 5.74) is 2.85. The van der Waals surface area contributed by atoms with Crippen LogP contribution in [0.3, 0.4) is 0 Å². The number of primary amides is 1. The molecule has 0 spiro atoms. The zero-order valence-electron chi connectivity index (χ0n) is 13.7. The van der Waals surface area contributed by atoms with Crippen molar-refractivity contribution in [3.05, 3.63) is 47.8 Å². The third-order valence-corrected chi connectivity index (χ3v) is 4.08. The maximum atomic E-state index is 14.2. The number of ether oxygens (including phenoxy) is 1. The number of pyridine rings is 1. The van der Waals surface area contributed by atoms with E-state index in [-0.39, 0.29) is 24.3 Å². The Morgan fingerprint density at radius 1 is 1.19 bits per heavy atom. The summed E-state index contributed by atoms with van der Waals surface area (Å²) in [6, 6.07) is 3.83. The van der Waals surface area contributed by atoms with Gasteiger partial charge in [0.2, 0.25) is 5.91 Å². The molecule has 1 aliphatic rings. The second-order valence-corrected chi connectivity index (χ2v) is 5.95. The molecule has 27 heavy (non-hydrogen) atoms. The highest BCUT2D eigenvalue weighted by Crippen LogP contribution is 2.47. The molecular formula is C17H13F2N3O5. The van der Waals surface area contributed by atoms with Crippen LogP contribution in [-0.2, 0) is 9.59 Å². The van der Waals surface area contributed by atoms with E-state index in [1.165, 1.54) is 12.3 Å². The SMILES string of the molecule is NC(=O)c1cc(Oc2cc(F)c(NC(=O)C3(C(=O)O)CC3)cc2F)ccn1. The number of benzene rings is 1. The number of carboxylic acid groups (broad SMARTS) is 1. The number of anilines is 1. The minimum atomic E-state index is -1.60. The number of rotatable bonds is 6. The van der Waals surface area contributed by atoms with Gasteiger partial charge in [-0.2, -0.15) is 0 Å². The van der Waals surface area contributed by atoms with Gasteiger partial charge < -0.3 is 20.9 Å². The van der Waals surface area contributed by atoms with Crippen molar-refractivity contribution < 1.29 is 33.0 Å². The number of carbonyl (C=O) groups excluding carboxylic acids is 2. The van der Waals surface area contributed by atoms with Crippen molar-refractivity contribution >= 4 is 23.5 Å². The molecular weight excluding hydrogens is 364 g/mol. The fourth-order valence-electron chi connectivity index (χ4n) is 2.34. The maximum absolute atomic E-state index is 14.2. The van der Waals surface area contributed by atoms with Crippen molar-refractivity contribution in [1.82, 2.24) is 4.98 Å². The number of aromatic nitrogens is 1. The minimum Gasteiger partial charge on any atom is -0.480 e. The minimum absolute atomic E-state index is 0.00306. The predicted molar refractivity (Wildman–Crippen MR) is 87.1 cm³/mol. The number of nitrogens with one attached hydrogen (secondary N) is 1. The van der Waals surface area contributed by atoms with E-state index in [4.69, 9.17) is 15.6 Å². The number of halogens is 2. The molecule has 0 radical (unpaired) electrons. The topological polar surface area (TPSA) is 132 Å². The maximum Gasteiger partial charge on any atom is 0.319 e. The average Bonchev–Trinajstić information content (AvgIpc) is 3.41. The van der Waals surface area contributed by atoms with Gasteiger partial charge in [0.15, 0.2) is 17.4 Å². The van der Waals surface area contributed by atoms with Crippen molar-refractivity contribution in [2.75, 3.05) is 5.32 Å². The number of carboxylic acids is 1. The van der Waals surface area contributed by atoms with Gasteiger partial charge in [0, 0.05) is 24.4 Å². The molecule has 10 heteroatoms. The van der Waals surface area contributed by atoms with E-state index in [2.05, 4.69) is 10.3 Å². The van der Waals surface area contributed by atoms with Gasteiger partial charge in [0.25, 0.3) is 5.91 Å². The third-order valence-electron chi connectivity index (χ3n) is 4.08. The number of amides is 2. The molecule has 2 aromatic rings. The molecule has 0 unspecified atom stereocenters. The Labute approximate surface area is 151 Å². The molecule has 1 heterocycles. The first kappa shape index (κ1) is 18.2. The predicted octanol–water partition coefficient (Wildman–Crippen LogP) is 2.05. The summed E-state index contributed by atoms with van der Waals surface area (Å²) < 4.78 is 33.6. The van der Waals surface area contributed by atoms with Crippen LogP contribution in [0.15, 0.2) is 30.5 Å². The lowest BCUT2D eigenvalue weighted by atomic mass is 10.1. The van der Waals surface area contributed by atoms with Crippen LogP contribution in [0.25, 0.3) is 0 Å². The Bertz CT molecular complexity index is 960. The molecule has 0 atom stereocenters. The molecule has 2 amide bonds. The lowest BCUT2D eigenvalue weighted by Crippen LogP contribution is -2.31. The fraction of sp³-hybridized carbons (Fsp3) is 0.176. The fourth-order valence-corrected chi connectivity index (χ4v) is 2.34. The number of aliphatic carboxylic acids is 1. The first-order valence-corrected chi connectivity index (χ1v) is 7.70. The van der Waals surface area contributed by atoms with Crippen LogP contribution in [0.4, 0.5) is 14.5 Å². The van der Waals surface area contributed by atoms with Crippen LogP contribution in [0.2, 0.25) is 0 Å². The van der Waals surface area contributed by atoms with Crippen LogP contribution in [0.1, 0.15) is 23.3 Å². The van der Waals surface area contributed by atoms with E-state index in [0.717, 1.165) is 6.07 Å². The van der Waals surface area contributed by atoms with Crippen LogP contribution >= 0.6 is 0 Å². The quantitative estimate of drug-likeness (QED) is 0.660. The standard InChI is InChI=1S/C17H13F2N3O5/c18-9-7-13(27-8-1-4-21-12(5-8)14(20)23)10(19)6-11(9)22-15(24)17(2-3-17)16(25)26/h1,4-7H,2-3H2,(H2,20,23)(H,22,24)(H,25,26). The number of hydrogen-bond acceptors (Lipinski definition) is 5. The van der Waals surface area contributed by atoms with Crippen molar-refractivity contribution in [2.24, 2.45) is 11.1 Å². The van der Waals surface area contributed by atoms with Crippen molar-refractivity contribution in [3.63, 3.8) is 0 Å². The van der Waals surface area contributed by atoms with Gasteiger partial charge in [0.05, 0.1) is 5.69 Å². The Morgan fingerprint density at radius 3 is 2.48 bits per heavy atom. The monoisotopic (exact) mass is 377 g/mol. The Balaban J connectivity index is 1.81. The number of nitrogens with zero attached hydrogens (tertiary/aromatic N) is 1. The zero-order chi connectivity index (χ0) is 19.8. The van der Waals surface area contributed by atoms with E-state index >= 15 is 0 Å². The Hall–Kier alpha value is -3.56. The summed E-state index contributed by atoms with van der Waals surface area (Å²) in [7, 11) is 0. The largest absolute Gasteiger partial charge is 0.480 e. The lowest BCUT2D eigenvalue weighted by molar-refractivity contribution is -0.147. The van der Waals surface area contributed by atoms with Crippen LogP contribution in [0.5, 0.6) is 11.5 Å². The van der Waals surface area contributed by atoms with Crippen LogP contribution in [-0.4, -0.2) is 27.9 Å². The first-order valence-electron chi connectivity index (χ1n) is 7.70. The van der Waals surface area contributed by atoms with Crippen molar-refractivity contribution in [3.8, 4) is 11.5 Å². The smallest absolute Gasteiger partial charge is 0.319 e. The van der Waals surface area contributed by atoms with Gasteiger partial charge in [-0.1, -0.05) is 0 Å². The van der Waals surface area contributed by atoms with Crippen molar-refractivity contribution in [2.45, 2.75) is 12.8 Å². The molecule has 4 N–H and O–H groups in total. The number of nitrogens with two attached hydrogens (primary N) is 1. The molecule has 1 aliphatic carbocycles. The van der Waals surface area contributed by atoms with E-state index < -0.39 is 46.3 Å². The van der Waals surface area contributed by atoms with E-state index in [9.17, 15) is 23.2 Å². The van der Waals surface area contributed by atoms with E-state index in [1.807, 2.05) is 0 Å². The van der Waals surface area contributed by atoms with E-state index in [0.29, 0.717) is 12.1 Å². The summed E-state index contributed by atoms with van der Waals surface area (Å²) in [5, 5.41) is 11.1. The van der Waals surface area contributed by atoms with Crippen molar-refractivity contribution in [1.29, 1.82) is 0 Å². The number of carbonyl (C=O) groups is 3. The molecule has 0 aliphatic heterocycles. The molecule has 3 rings (SSSR count). The second-order valence-electron chi connectivity index (χ2n) is 5.95. The van der Waals surface area contributed by atoms with Crippen LogP contribution in [0, 0.1) is 17.0 Å². The molecule has 1 fully saturated rings. The third kappa shape index (κ3) is 3.54. The summed E-state index contributed by atoms with van der Waals surface area (Å²) in [6.45, 7) is 0. The van der Waals surface area contributed by atoms with Crippen LogP contribution < -0.4 is 15.8 Å². The van der Waals surface area contributed by atoms with Gasteiger partial charge in [0.1, 0.15) is 16.9 Å². The van der Waals surface area contributed by atoms with Gasteiger partial charge >= 0.3 is 5.97 Å². The first-order chi connectivity index (χ1) is 12.7. The molecule has 1 saturated carbocycles. The molecule has 0 saturated heterocycles. The Morgan fingerprint density at radius 2 is 1.89 bits per heavy atom. The highest BCUT2D eigenvalue weighted by Gasteiger charge is 2.57. The highest BCUT2D eigenvalue weighted by atomic mass is 19.1. The second kappa shape index (κ2) is 6.63. The normalized spacial score (nSPS) is 14.3. The molecule has 1 aromatic heterocycles. The highest BCUT2D eigenvalue weighted by molar-refractivity contribution is 6.10.